The molecule has 0 atom stereocenters. The molecule has 0 aliphatic rings. The highest BCUT2D eigenvalue weighted by molar-refractivity contribution is 9.08. The van der Waals surface area contributed by atoms with Crippen molar-refractivity contribution < 1.29 is 14.3 Å². The van der Waals surface area contributed by atoms with Crippen LogP contribution in [0.1, 0.15) is 31.2 Å². The number of pyridine rings is 2. The molecule has 0 radical (unpaired) electrons. The van der Waals surface area contributed by atoms with Gasteiger partial charge in [0.1, 0.15) is 0 Å². The summed E-state index contributed by atoms with van der Waals surface area (Å²) in [6.45, 7) is 2.93. The van der Waals surface area contributed by atoms with Crippen LogP contribution in [-0.2, 0) is 26.2 Å². The number of alkyl halides is 1. The van der Waals surface area contributed by atoms with Crippen LogP contribution in [0.3, 0.4) is 0 Å². The van der Waals surface area contributed by atoms with Gasteiger partial charge in [-0.25, -0.2) is 4.98 Å². The third-order valence-electron chi connectivity index (χ3n) is 3.25. The van der Waals surface area contributed by atoms with E-state index in [2.05, 4.69) is 25.9 Å². The van der Waals surface area contributed by atoms with Crippen LogP contribution in [0.2, 0.25) is 0 Å². The van der Waals surface area contributed by atoms with E-state index in [1.807, 2.05) is 36.4 Å². The van der Waals surface area contributed by atoms with Crippen LogP contribution in [0.5, 0.6) is 0 Å². The van der Waals surface area contributed by atoms with Gasteiger partial charge >= 0.3 is 5.97 Å². The lowest BCUT2D eigenvalue weighted by molar-refractivity contribution is -0.141. The summed E-state index contributed by atoms with van der Waals surface area (Å²) in [4.78, 5) is 19.8. The fraction of sp³-hybridized carbons (Fsp3) is 0.389. The molecule has 0 amide bonds. The number of carbonyl (C=O) groups excluding carboxylic acids is 1. The largest absolute Gasteiger partial charge is 0.466 e. The fourth-order valence-electron chi connectivity index (χ4n) is 2.10. The van der Waals surface area contributed by atoms with Gasteiger partial charge in [0, 0.05) is 18.9 Å². The van der Waals surface area contributed by atoms with Crippen molar-refractivity contribution in [1.29, 1.82) is 0 Å². The number of unbranched alkanes of at least 4 members (excludes halogenated alkanes) is 1. The Hall–Kier alpha value is -1.79. The first-order valence-corrected chi connectivity index (χ1v) is 9.00. The number of rotatable bonds is 9. The molecular formula is C18H21BrN2O3. The highest BCUT2D eigenvalue weighted by atomic mass is 79.9. The van der Waals surface area contributed by atoms with Crippen LogP contribution in [0.4, 0.5) is 0 Å². The zero-order chi connectivity index (χ0) is 17.2. The second-order valence-corrected chi connectivity index (χ2v) is 5.82. The SMILES string of the molecule is CC(=O)OCCCCOCc1cccc(-c2cccc(CBr)n2)n1. The Morgan fingerprint density at radius 3 is 2.29 bits per heavy atom. The fourth-order valence-corrected chi connectivity index (χ4v) is 2.41. The minimum absolute atomic E-state index is 0.241. The first kappa shape index (κ1) is 18.5. The van der Waals surface area contributed by atoms with Crippen molar-refractivity contribution in [3.8, 4) is 11.4 Å². The van der Waals surface area contributed by atoms with E-state index in [9.17, 15) is 4.79 Å². The second-order valence-electron chi connectivity index (χ2n) is 5.26. The zero-order valence-electron chi connectivity index (χ0n) is 13.7. The van der Waals surface area contributed by atoms with Crippen LogP contribution < -0.4 is 0 Å². The van der Waals surface area contributed by atoms with E-state index >= 15 is 0 Å². The molecule has 0 saturated carbocycles. The Bertz CT molecular complexity index is 664. The van der Waals surface area contributed by atoms with Gasteiger partial charge in [0.15, 0.2) is 0 Å². The van der Waals surface area contributed by atoms with Gasteiger partial charge in [-0.3, -0.25) is 9.78 Å². The minimum atomic E-state index is -0.241. The lowest BCUT2D eigenvalue weighted by Gasteiger charge is -2.07. The standard InChI is InChI=1S/C18H21BrN2O3/c1-14(22)24-11-3-2-10-23-13-16-7-5-9-18(21-16)17-8-4-6-15(12-19)20-17/h4-9H,2-3,10-13H2,1H3. The van der Waals surface area contributed by atoms with Crippen LogP contribution in [0.15, 0.2) is 36.4 Å². The molecule has 0 fully saturated rings. The van der Waals surface area contributed by atoms with Crippen molar-refractivity contribution in [3.05, 3.63) is 47.8 Å². The third kappa shape index (κ3) is 6.37. The minimum Gasteiger partial charge on any atom is -0.466 e. The maximum Gasteiger partial charge on any atom is 0.302 e. The predicted octanol–water partition coefficient (Wildman–Crippen LogP) is 3.90. The lowest BCUT2D eigenvalue weighted by atomic mass is 10.2. The average Bonchev–Trinajstić information content (AvgIpc) is 2.61. The molecule has 2 heterocycles. The normalized spacial score (nSPS) is 10.6. The number of hydrogen-bond donors (Lipinski definition) is 0. The van der Waals surface area contributed by atoms with E-state index in [1.165, 1.54) is 6.92 Å². The molecule has 0 bridgehead atoms. The maximum atomic E-state index is 10.6. The Morgan fingerprint density at radius 1 is 1.00 bits per heavy atom. The molecule has 2 aromatic heterocycles. The van der Waals surface area contributed by atoms with Crippen molar-refractivity contribution in [1.82, 2.24) is 9.97 Å². The van der Waals surface area contributed by atoms with Gasteiger partial charge in [0.25, 0.3) is 0 Å². The van der Waals surface area contributed by atoms with Crippen LogP contribution in [-0.4, -0.2) is 29.2 Å². The number of aromatic nitrogens is 2. The summed E-state index contributed by atoms with van der Waals surface area (Å²) in [5, 5.41) is 0.719. The molecule has 128 valence electrons. The molecule has 0 aromatic carbocycles. The van der Waals surface area contributed by atoms with Crippen molar-refractivity contribution >= 4 is 21.9 Å². The highest BCUT2D eigenvalue weighted by Gasteiger charge is 2.04. The summed E-state index contributed by atoms with van der Waals surface area (Å²) in [5.41, 5.74) is 3.55. The number of ether oxygens (including phenoxy) is 2. The Kier molecular flexibility index (Phi) is 7.85. The van der Waals surface area contributed by atoms with Crippen molar-refractivity contribution in [2.24, 2.45) is 0 Å². The molecule has 5 nitrogen and oxygen atoms in total. The van der Waals surface area contributed by atoms with Crippen molar-refractivity contribution in [2.45, 2.75) is 31.7 Å². The number of nitrogens with zero attached hydrogens (tertiary/aromatic N) is 2. The van der Waals surface area contributed by atoms with Gasteiger partial charge < -0.3 is 9.47 Å². The molecule has 2 rings (SSSR count). The molecular weight excluding hydrogens is 372 g/mol. The number of carbonyl (C=O) groups is 1. The third-order valence-corrected chi connectivity index (χ3v) is 3.83. The molecule has 6 heteroatoms. The molecule has 24 heavy (non-hydrogen) atoms. The van der Waals surface area contributed by atoms with Gasteiger partial charge in [-0.2, -0.15) is 0 Å². The Labute approximate surface area is 150 Å². The van der Waals surface area contributed by atoms with E-state index in [0.717, 1.165) is 40.9 Å². The molecule has 2 aromatic rings. The second kappa shape index (κ2) is 10.2. The van der Waals surface area contributed by atoms with Gasteiger partial charge in [0.05, 0.1) is 36.0 Å². The van der Waals surface area contributed by atoms with Crippen LogP contribution in [0, 0.1) is 0 Å². The monoisotopic (exact) mass is 392 g/mol. The molecule has 0 spiro atoms. The molecule has 0 unspecified atom stereocenters. The summed E-state index contributed by atoms with van der Waals surface area (Å²) < 4.78 is 10.5. The van der Waals surface area contributed by atoms with E-state index in [-0.39, 0.29) is 5.97 Å². The quantitative estimate of drug-likeness (QED) is 0.367. The van der Waals surface area contributed by atoms with Gasteiger partial charge in [-0.1, -0.05) is 28.1 Å². The zero-order valence-corrected chi connectivity index (χ0v) is 15.3. The highest BCUT2D eigenvalue weighted by Crippen LogP contribution is 2.16. The summed E-state index contributed by atoms with van der Waals surface area (Å²) in [6, 6.07) is 11.8. The van der Waals surface area contributed by atoms with Gasteiger partial charge in [-0.15, -0.1) is 0 Å². The van der Waals surface area contributed by atoms with E-state index in [0.29, 0.717) is 19.8 Å². The first-order valence-electron chi connectivity index (χ1n) is 7.88. The smallest absolute Gasteiger partial charge is 0.302 e. The summed E-state index contributed by atoms with van der Waals surface area (Å²) in [7, 11) is 0. The number of hydrogen-bond acceptors (Lipinski definition) is 5. The summed E-state index contributed by atoms with van der Waals surface area (Å²) >= 11 is 3.42. The van der Waals surface area contributed by atoms with Crippen molar-refractivity contribution in [3.63, 3.8) is 0 Å². The summed E-state index contributed by atoms with van der Waals surface area (Å²) in [5.74, 6) is -0.241. The first-order chi connectivity index (χ1) is 11.7. The van der Waals surface area contributed by atoms with Crippen LogP contribution >= 0.6 is 15.9 Å². The summed E-state index contributed by atoms with van der Waals surface area (Å²) in [6.07, 6.45) is 1.65. The lowest BCUT2D eigenvalue weighted by Crippen LogP contribution is -2.03. The predicted molar refractivity (Wildman–Crippen MR) is 95.6 cm³/mol. The number of esters is 1. The van der Waals surface area contributed by atoms with Crippen LogP contribution in [0.25, 0.3) is 11.4 Å². The number of halogens is 1. The Balaban J connectivity index is 1.81. The van der Waals surface area contributed by atoms with Crippen molar-refractivity contribution in [2.75, 3.05) is 13.2 Å². The Morgan fingerprint density at radius 2 is 1.62 bits per heavy atom. The van der Waals surface area contributed by atoms with E-state index < -0.39 is 0 Å². The maximum absolute atomic E-state index is 10.6. The van der Waals surface area contributed by atoms with Gasteiger partial charge in [-0.05, 0) is 37.1 Å². The van der Waals surface area contributed by atoms with Gasteiger partial charge in [0.2, 0.25) is 0 Å². The molecule has 0 N–H and O–H groups in total. The topological polar surface area (TPSA) is 61.3 Å². The molecule has 0 aliphatic carbocycles. The molecule has 0 saturated heterocycles. The van der Waals surface area contributed by atoms with E-state index in [4.69, 9.17) is 9.47 Å². The molecule has 0 aliphatic heterocycles. The average molecular weight is 393 g/mol. The van der Waals surface area contributed by atoms with E-state index in [1.54, 1.807) is 0 Å².